The van der Waals surface area contributed by atoms with Gasteiger partial charge in [-0.15, -0.1) is 0 Å². The summed E-state index contributed by atoms with van der Waals surface area (Å²) in [6, 6.07) is 9.47. The fourth-order valence-electron chi connectivity index (χ4n) is 3.86. The lowest BCUT2D eigenvalue weighted by Gasteiger charge is -2.24. The van der Waals surface area contributed by atoms with Crippen molar-refractivity contribution >= 4 is 33.8 Å². The molecule has 4 heteroatoms. The SMILES string of the molecule is CC[Si]1(C)C2=C1C1=Cc3ccccc3C1=C(O[Si](C)(C)C)C2=O. The lowest BCUT2D eigenvalue weighted by atomic mass is 9.96. The topological polar surface area (TPSA) is 26.3 Å². The molecule has 0 saturated heterocycles. The van der Waals surface area contributed by atoms with Gasteiger partial charge in [-0.05, 0) is 52.8 Å². The Morgan fingerprint density at radius 1 is 1.13 bits per heavy atom. The van der Waals surface area contributed by atoms with Gasteiger partial charge >= 0.3 is 0 Å². The Kier molecular flexibility index (Phi) is 2.89. The second kappa shape index (κ2) is 4.45. The molecule has 0 fully saturated rings. The van der Waals surface area contributed by atoms with E-state index >= 15 is 0 Å². The zero-order chi connectivity index (χ0) is 16.6. The molecule has 0 radical (unpaired) electrons. The average Bonchev–Trinajstić information content (AvgIpc) is 2.93. The molecule has 1 atom stereocenters. The van der Waals surface area contributed by atoms with E-state index < -0.39 is 16.4 Å². The van der Waals surface area contributed by atoms with E-state index in [2.05, 4.69) is 57.4 Å². The van der Waals surface area contributed by atoms with Gasteiger partial charge in [0.05, 0.1) is 0 Å². The molecule has 0 aromatic heterocycles. The minimum absolute atomic E-state index is 0.183. The van der Waals surface area contributed by atoms with Crippen LogP contribution >= 0.6 is 0 Å². The van der Waals surface area contributed by atoms with Gasteiger partial charge in [0.25, 0.3) is 0 Å². The van der Waals surface area contributed by atoms with Gasteiger partial charge in [0.1, 0.15) is 8.07 Å². The van der Waals surface area contributed by atoms with E-state index in [1.807, 2.05) is 6.07 Å². The first-order chi connectivity index (χ1) is 10.8. The van der Waals surface area contributed by atoms with E-state index in [0.717, 1.165) is 22.4 Å². The summed E-state index contributed by atoms with van der Waals surface area (Å²) in [5, 5.41) is 2.51. The quantitative estimate of drug-likeness (QED) is 0.746. The Morgan fingerprint density at radius 3 is 2.48 bits per heavy atom. The molecular formula is C19H22O2Si2. The van der Waals surface area contributed by atoms with E-state index in [-0.39, 0.29) is 5.78 Å². The molecule has 0 bridgehead atoms. The van der Waals surface area contributed by atoms with Crippen molar-refractivity contribution < 1.29 is 9.22 Å². The van der Waals surface area contributed by atoms with Crippen LogP contribution in [-0.4, -0.2) is 22.2 Å². The van der Waals surface area contributed by atoms with Gasteiger partial charge in [-0.1, -0.05) is 43.8 Å². The third-order valence-corrected chi connectivity index (χ3v) is 10.3. The standard InChI is InChI=1S/C19H22O2Si2/c1-6-23(5)18-14-11-12-9-7-8-10-13(12)15(14)17(16(20)19(18)23)21-22(2,3)4/h7-11H,6H2,1-5H3. The maximum Gasteiger partial charge on any atom is 0.242 e. The van der Waals surface area contributed by atoms with Gasteiger partial charge < -0.3 is 4.43 Å². The number of fused-ring (bicyclic) bond motifs is 4. The summed E-state index contributed by atoms with van der Waals surface area (Å²) in [7, 11) is -3.52. The number of benzene rings is 1. The van der Waals surface area contributed by atoms with Crippen LogP contribution < -0.4 is 0 Å². The maximum absolute atomic E-state index is 13.2. The zero-order valence-corrected chi connectivity index (χ0v) is 16.4. The largest absolute Gasteiger partial charge is 0.541 e. The van der Waals surface area contributed by atoms with Crippen molar-refractivity contribution in [2.24, 2.45) is 0 Å². The van der Waals surface area contributed by atoms with Gasteiger partial charge in [0.2, 0.25) is 14.1 Å². The molecule has 2 aliphatic carbocycles. The predicted octanol–water partition coefficient (Wildman–Crippen LogP) is 4.72. The van der Waals surface area contributed by atoms with Gasteiger partial charge in [0.15, 0.2) is 5.76 Å². The Bertz CT molecular complexity index is 852. The van der Waals surface area contributed by atoms with Crippen molar-refractivity contribution in [1.29, 1.82) is 0 Å². The van der Waals surface area contributed by atoms with Crippen LogP contribution in [-0.2, 0) is 9.22 Å². The van der Waals surface area contributed by atoms with E-state index in [1.54, 1.807) is 0 Å². The summed E-state index contributed by atoms with van der Waals surface area (Å²) < 4.78 is 6.31. The molecule has 23 heavy (non-hydrogen) atoms. The van der Waals surface area contributed by atoms with Crippen LogP contribution in [0.5, 0.6) is 0 Å². The highest BCUT2D eigenvalue weighted by atomic mass is 28.4. The summed E-state index contributed by atoms with van der Waals surface area (Å²) in [4.78, 5) is 13.2. The molecule has 0 saturated carbocycles. The fraction of sp³-hybridized carbons (Fsp3) is 0.316. The molecule has 1 aromatic rings. The number of carbonyl (C=O) groups is 1. The van der Waals surface area contributed by atoms with Gasteiger partial charge in [0, 0.05) is 5.57 Å². The van der Waals surface area contributed by atoms with Crippen LogP contribution in [0.1, 0.15) is 18.1 Å². The normalized spacial score (nSPS) is 25.1. The maximum atomic E-state index is 13.2. The van der Waals surface area contributed by atoms with Crippen LogP contribution in [0.2, 0.25) is 32.2 Å². The lowest BCUT2D eigenvalue weighted by molar-refractivity contribution is -0.113. The average molecular weight is 339 g/mol. The molecule has 4 rings (SSSR count). The lowest BCUT2D eigenvalue weighted by Crippen LogP contribution is -2.29. The van der Waals surface area contributed by atoms with Crippen LogP contribution in [0.4, 0.5) is 0 Å². The van der Waals surface area contributed by atoms with Crippen LogP contribution in [0.15, 0.2) is 46.0 Å². The number of hydrogen-bond acceptors (Lipinski definition) is 2. The van der Waals surface area contributed by atoms with Gasteiger partial charge in [-0.2, -0.15) is 0 Å². The van der Waals surface area contributed by atoms with E-state index in [4.69, 9.17) is 4.43 Å². The van der Waals surface area contributed by atoms with Crippen molar-refractivity contribution in [3.8, 4) is 0 Å². The molecule has 118 valence electrons. The molecule has 0 N–H and O–H groups in total. The van der Waals surface area contributed by atoms with Crippen molar-refractivity contribution in [3.05, 3.63) is 57.1 Å². The first-order valence-electron chi connectivity index (χ1n) is 8.33. The van der Waals surface area contributed by atoms with Gasteiger partial charge in [-0.25, -0.2) is 0 Å². The summed E-state index contributed by atoms with van der Waals surface area (Å²) in [6.45, 7) is 11.0. The number of rotatable bonds is 3. The summed E-state index contributed by atoms with van der Waals surface area (Å²) in [6.07, 6.45) is 2.27. The van der Waals surface area contributed by atoms with Crippen molar-refractivity contribution in [2.75, 3.05) is 0 Å². The van der Waals surface area contributed by atoms with Crippen LogP contribution in [0.25, 0.3) is 11.6 Å². The Balaban J connectivity index is 1.94. The van der Waals surface area contributed by atoms with Crippen LogP contribution in [0, 0.1) is 0 Å². The summed E-state index contributed by atoms with van der Waals surface area (Å²) in [5.74, 6) is 0.811. The number of ketones is 1. The fourth-order valence-corrected chi connectivity index (χ4v) is 8.50. The second-order valence-electron chi connectivity index (χ2n) is 7.83. The number of carbonyl (C=O) groups excluding carboxylic acids is 1. The van der Waals surface area contributed by atoms with Crippen molar-refractivity contribution in [2.45, 2.75) is 39.2 Å². The molecule has 1 unspecified atom stereocenters. The highest BCUT2D eigenvalue weighted by Crippen LogP contribution is 2.59. The molecule has 1 heterocycles. The minimum Gasteiger partial charge on any atom is -0.541 e. The van der Waals surface area contributed by atoms with E-state index in [0.29, 0.717) is 5.76 Å². The minimum atomic E-state index is -1.85. The number of Topliss-reactive ketones (excluding diaryl/α,β-unsaturated/α-hetero) is 1. The molecule has 0 spiro atoms. The first kappa shape index (κ1) is 14.9. The molecule has 2 nitrogen and oxygen atoms in total. The van der Waals surface area contributed by atoms with Crippen molar-refractivity contribution in [3.63, 3.8) is 0 Å². The van der Waals surface area contributed by atoms with E-state index in [1.165, 1.54) is 16.3 Å². The summed E-state index contributed by atoms with van der Waals surface area (Å²) in [5.41, 5.74) is 4.73. The third kappa shape index (κ3) is 1.94. The number of allylic oxidation sites excluding steroid dienone is 4. The Hall–Kier alpha value is -1.66. The molecule has 1 aliphatic heterocycles. The first-order valence-corrected chi connectivity index (χ1v) is 14.4. The Labute approximate surface area is 139 Å². The second-order valence-corrected chi connectivity index (χ2v) is 16.6. The zero-order valence-electron chi connectivity index (χ0n) is 14.4. The highest BCUT2D eigenvalue weighted by Gasteiger charge is 2.59. The molecule has 3 aliphatic rings. The number of hydrogen-bond donors (Lipinski definition) is 0. The monoisotopic (exact) mass is 338 g/mol. The highest BCUT2D eigenvalue weighted by molar-refractivity contribution is 7.08. The predicted molar refractivity (Wildman–Crippen MR) is 99.9 cm³/mol. The smallest absolute Gasteiger partial charge is 0.242 e. The third-order valence-electron chi connectivity index (χ3n) is 5.14. The summed E-state index contributed by atoms with van der Waals surface area (Å²) >= 11 is 0. The van der Waals surface area contributed by atoms with E-state index in [9.17, 15) is 4.79 Å². The van der Waals surface area contributed by atoms with Gasteiger partial charge in [-0.3, -0.25) is 4.79 Å². The van der Waals surface area contributed by atoms with Crippen molar-refractivity contribution in [1.82, 2.24) is 0 Å². The molecular weight excluding hydrogens is 316 g/mol. The molecule has 0 amide bonds. The molecule has 1 aromatic carbocycles. The Morgan fingerprint density at radius 2 is 1.83 bits per heavy atom. The van der Waals surface area contributed by atoms with Crippen LogP contribution in [0.3, 0.4) is 0 Å².